The summed E-state index contributed by atoms with van der Waals surface area (Å²) in [6, 6.07) is 117. The maximum atomic E-state index is 4.67. The Morgan fingerprint density at radius 1 is 0.207 bits per heavy atom. The second-order valence-electron chi connectivity index (χ2n) is 36.9. The minimum Gasteiger partial charge on any atom is -0.310 e. The van der Waals surface area contributed by atoms with Crippen LogP contribution in [-0.2, 0) is 45.3 Å². The lowest BCUT2D eigenvalue weighted by molar-refractivity contribution is 0.563. The molecule has 0 aromatic heterocycles. The first-order valence-corrected chi connectivity index (χ1v) is 41.7. The molecule has 0 heterocycles. The molecule has 0 radical (unpaired) electrons. The Kier molecular flexibility index (Phi) is 14.3. The SMILES string of the molecule is C=C1c2ccccc2-c2ccc(N(c3ccc4c(c3)C(C)(C)c3ccccc3-4)c3ccc4c(c3)C(C)(C)c3cc(/C=C/c5ccc6c(c5)C5(Cc7ccccc7C5)c5cc(/C=C/c7ccc8c(c7)C(C)(C)c7cc(N(c9ccc%10c(c9)C(C)(C)c9ccccc9-%10)c9ccc%10c(c9)C(C)(C)c9ccccc9-%10)ccc7-8)ccc5-6)ccc3-4)cc21. The van der Waals surface area contributed by atoms with Crippen LogP contribution in [0.15, 0.2) is 310 Å². The highest BCUT2D eigenvalue weighted by Crippen LogP contribution is 2.61. The van der Waals surface area contributed by atoms with Gasteiger partial charge in [-0.05, 0) is 280 Å². The summed E-state index contributed by atoms with van der Waals surface area (Å²) >= 11 is 0. The normalized spacial score (nSPS) is 16.5. The van der Waals surface area contributed by atoms with Crippen LogP contribution in [0.1, 0.15) is 181 Å². The maximum Gasteiger partial charge on any atom is 0.0468 e. The summed E-state index contributed by atoms with van der Waals surface area (Å²) in [5.41, 5.74) is 52.0. The summed E-state index contributed by atoms with van der Waals surface area (Å²) in [6.45, 7) is 28.7. The molecule has 15 aromatic carbocycles. The summed E-state index contributed by atoms with van der Waals surface area (Å²) < 4.78 is 0. The largest absolute Gasteiger partial charge is 0.310 e. The van der Waals surface area contributed by atoms with E-state index in [1.165, 1.54) is 206 Å². The number of benzene rings is 15. The first-order chi connectivity index (χ1) is 56.1. The molecule has 8 aliphatic rings. The van der Waals surface area contributed by atoms with Crippen LogP contribution in [0.25, 0.3) is 108 Å². The van der Waals surface area contributed by atoms with E-state index in [-0.39, 0.29) is 32.5 Å². The van der Waals surface area contributed by atoms with Gasteiger partial charge in [-0.15, -0.1) is 0 Å². The standard InChI is InChI=1S/C114H90N2/c1-68-81-24-14-15-25-82(81)83-50-40-75(60-96(68)83)115(76-41-51-89-84-26-16-19-29-97(84)109(2,3)102(89)61-76)77-44-54-92-87-46-36-69(56-100(87)112(8,9)105(92)64-77)32-34-71-38-48-94-95-49-39-72(59-108(95)114(107(94)58-71)66-73-22-12-13-23-74(73)67-114)35-33-70-37-47-88-93-55-45-80(65-106(93)113(10,11)101(88)57-70)116(78-42-52-90-85-27-17-20-30-98(85)110(4,5)103(90)62-78)79-43-53-91-86-28-18-21-31-99(86)111(6,7)104(91)63-79/h12-65H,1,66-67H2,2-11H3/b34-32+,35-33+. The first kappa shape index (κ1) is 68.7. The van der Waals surface area contributed by atoms with Crippen molar-refractivity contribution in [2.75, 3.05) is 9.80 Å². The van der Waals surface area contributed by atoms with Crippen LogP contribution < -0.4 is 9.80 Å². The van der Waals surface area contributed by atoms with Gasteiger partial charge in [0, 0.05) is 66.6 Å². The second kappa shape index (κ2) is 24.1. The Morgan fingerprint density at radius 3 is 0.767 bits per heavy atom. The van der Waals surface area contributed by atoms with Gasteiger partial charge in [-0.3, -0.25) is 0 Å². The third-order valence-electron chi connectivity index (χ3n) is 28.9. The Hall–Kier alpha value is -12.9. The van der Waals surface area contributed by atoms with Crippen LogP contribution in [0.5, 0.6) is 0 Å². The van der Waals surface area contributed by atoms with Gasteiger partial charge in [-0.25, -0.2) is 0 Å². The van der Waals surface area contributed by atoms with Gasteiger partial charge in [0.2, 0.25) is 0 Å². The highest BCUT2D eigenvalue weighted by Gasteiger charge is 2.48. The molecule has 0 amide bonds. The Morgan fingerprint density at radius 2 is 0.431 bits per heavy atom. The van der Waals surface area contributed by atoms with Gasteiger partial charge < -0.3 is 9.80 Å². The molecule has 0 unspecified atom stereocenters. The molecule has 0 saturated heterocycles. The van der Waals surface area contributed by atoms with Gasteiger partial charge >= 0.3 is 0 Å². The van der Waals surface area contributed by atoms with E-state index in [0.717, 1.165) is 35.5 Å². The van der Waals surface area contributed by atoms with Gasteiger partial charge in [0.15, 0.2) is 0 Å². The van der Waals surface area contributed by atoms with E-state index in [9.17, 15) is 0 Å². The fraction of sp³-hybridized carbons (Fsp3) is 0.158. The average molecular weight is 1490 g/mol. The van der Waals surface area contributed by atoms with Crippen molar-refractivity contribution in [3.63, 3.8) is 0 Å². The number of anilines is 6. The highest BCUT2D eigenvalue weighted by atomic mass is 15.1. The topological polar surface area (TPSA) is 6.48 Å². The van der Waals surface area contributed by atoms with E-state index in [1.807, 2.05) is 0 Å². The third-order valence-corrected chi connectivity index (χ3v) is 28.9. The molecule has 0 fully saturated rings. The van der Waals surface area contributed by atoms with Crippen molar-refractivity contribution in [3.8, 4) is 77.9 Å². The van der Waals surface area contributed by atoms with Crippen LogP contribution in [0.2, 0.25) is 0 Å². The molecule has 0 atom stereocenters. The van der Waals surface area contributed by atoms with Crippen LogP contribution in [0.3, 0.4) is 0 Å². The zero-order valence-corrected chi connectivity index (χ0v) is 67.7. The minimum absolute atomic E-state index is 0.140. The van der Waals surface area contributed by atoms with Crippen LogP contribution in [0, 0.1) is 0 Å². The molecule has 116 heavy (non-hydrogen) atoms. The van der Waals surface area contributed by atoms with E-state index in [2.05, 4.69) is 413 Å². The summed E-state index contributed by atoms with van der Waals surface area (Å²) in [4.78, 5) is 5.02. The summed E-state index contributed by atoms with van der Waals surface area (Å²) in [5, 5.41) is 0. The lowest BCUT2D eigenvalue weighted by Crippen LogP contribution is -2.26. The fourth-order valence-electron chi connectivity index (χ4n) is 22.8. The zero-order chi connectivity index (χ0) is 78.4. The van der Waals surface area contributed by atoms with Crippen LogP contribution in [0.4, 0.5) is 34.1 Å². The third kappa shape index (κ3) is 9.65. The van der Waals surface area contributed by atoms with Crippen molar-refractivity contribution in [3.05, 3.63) is 421 Å². The van der Waals surface area contributed by atoms with Gasteiger partial charge in [0.05, 0.1) is 0 Å². The van der Waals surface area contributed by atoms with Crippen molar-refractivity contribution in [1.29, 1.82) is 0 Å². The number of hydrogen-bond acceptors (Lipinski definition) is 2. The van der Waals surface area contributed by atoms with Crippen molar-refractivity contribution in [2.24, 2.45) is 0 Å². The molecule has 15 aromatic rings. The molecule has 1 spiro atoms. The van der Waals surface area contributed by atoms with Gasteiger partial charge in [0.25, 0.3) is 0 Å². The Bertz CT molecular complexity index is 6830. The molecule has 0 aliphatic heterocycles. The molecule has 23 rings (SSSR count). The molecule has 8 aliphatic carbocycles. The van der Waals surface area contributed by atoms with Crippen LogP contribution >= 0.6 is 0 Å². The number of hydrogen-bond donors (Lipinski definition) is 0. The van der Waals surface area contributed by atoms with Gasteiger partial charge in [-0.2, -0.15) is 0 Å². The monoisotopic (exact) mass is 1490 g/mol. The lowest BCUT2D eigenvalue weighted by atomic mass is 9.75. The molecule has 556 valence electrons. The fourth-order valence-corrected chi connectivity index (χ4v) is 22.8. The van der Waals surface area contributed by atoms with E-state index >= 15 is 0 Å². The quantitative estimate of drug-likeness (QED) is 0.126. The second-order valence-corrected chi connectivity index (χ2v) is 36.9. The van der Waals surface area contributed by atoms with Crippen LogP contribution in [-0.4, -0.2) is 0 Å². The van der Waals surface area contributed by atoms with E-state index < -0.39 is 0 Å². The van der Waals surface area contributed by atoms with E-state index in [0.29, 0.717) is 0 Å². The molecule has 0 N–H and O–H groups in total. The summed E-state index contributed by atoms with van der Waals surface area (Å²) in [7, 11) is 0. The predicted molar refractivity (Wildman–Crippen MR) is 488 cm³/mol. The molecule has 0 saturated carbocycles. The Labute approximate surface area is 682 Å². The van der Waals surface area contributed by atoms with Crippen molar-refractivity contribution < 1.29 is 0 Å². The van der Waals surface area contributed by atoms with E-state index in [1.54, 1.807) is 0 Å². The summed E-state index contributed by atoms with van der Waals surface area (Å²) in [6.07, 6.45) is 11.4. The van der Waals surface area contributed by atoms with E-state index in [4.69, 9.17) is 0 Å². The van der Waals surface area contributed by atoms with Crippen molar-refractivity contribution >= 4 is 64.0 Å². The Balaban J connectivity index is 0.539. The number of nitrogens with zero attached hydrogens (tertiary/aromatic N) is 2. The number of rotatable bonds is 10. The average Bonchev–Trinajstić information content (AvgIpc) is 1.54. The van der Waals surface area contributed by atoms with Gasteiger partial charge in [0.1, 0.15) is 0 Å². The zero-order valence-electron chi connectivity index (χ0n) is 67.7. The molecule has 2 nitrogen and oxygen atoms in total. The molecular formula is C114H90N2. The van der Waals surface area contributed by atoms with Crippen molar-refractivity contribution in [1.82, 2.24) is 0 Å². The van der Waals surface area contributed by atoms with Crippen molar-refractivity contribution in [2.45, 2.75) is 115 Å². The number of fused-ring (bicyclic) bond motifs is 24. The highest BCUT2D eigenvalue weighted by molar-refractivity contribution is 6.03. The molecule has 2 heteroatoms. The lowest BCUT2D eigenvalue weighted by Gasteiger charge is -2.31. The molecule has 0 bridgehead atoms. The minimum atomic E-state index is -0.267. The predicted octanol–water partition coefficient (Wildman–Crippen LogP) is 29.6. The molecular weight excluding hydrogens is 1400 g/mol. The maximum absolute atomic E-state index is 4.67. The smallest absolute Gasteiger partial charge is 0.0468 e. The summed E-state index contributed by atoms with van der Waals surface area (Å²) in [5.74, 6) is 0. The first-order valence-electron chi connectivity index (χ1n) is 41.7. The van der Waals surface area contributed by atoms with Gasteiger partial charge in [-0.1, -0.05) is 331 Å².